The SMILES string of the molecule is C[C@H](Nc1nccc(N2CC3(CC3)N(C)C2=O)n1)c1cn(-c2ccc(C(F)(F)F)cc2)cn1. The average molecular weight is 457 g/mol. The van der Waals surface area contributed by atoms with Crippen molar-refractivity contribution < 1.29 is 18.0 Å². The van der Waals surface area contributed by atoms with Gasteiger partial charge >= 0.3 is 12.2 Å². The fourth-order valence-corrected chi connectivity index (χ4v) is 4.03. The second-order valence-corrected chi connectivity index (χ2v) is 8.51. The summed E-state index contributed by atoms with van der Waals surface area (Å²) in [5.74, 6) is 0.895. The van der Waals surface area contributed by atoms with E-state index >= 15 is 0 Å². The van der Waals surface area contributed by atoms with Gasteiger partial charge in [0.25, 0.3) is 0 Å². The van der Waals surface area contributed by atoms with Crippen LogP contribution in [-0.2, 0) is 6.18 Å². The maximum atomic E-state index is 12.8. The van der Waals surface area contributed by atoms with E-state index in [-0.39, 0.29) is 17.6 Å². The molecule has 8 nitrogen and oxygen atoms in total. The van der Waals surface area contributed by atoms with Gasteiger partial charge in [-0.25, -0.2) is 14.8 Å². The number of hydrogen-bond donors (Lipinski definition) is 1. The minimum absolute atomic E-state index is 0.0615. The lowest BCUT2D eigenvalue weighted by Crippen LogP contribution is -2.32. The highest BCUT2D eigenvalue weighted by atomic mass is 19.4. The molecular weight excluding hydrogens is 435 g/mol. The van der Waals surface area contributed by atoms with Crippen molar-refractivity contribution in [2.75, 3.05) is 23.8 Å². The molecule has 1 aliphatic carbocycles. The van der Waals surface area contributed by atoms with Gasteiger partial charge in [0.2, 0.25) is 5.95 Å². The Bertz CT molecular complexity index is 1190. The highest BCUT2D eigenvalue weighted by Crippen LogP contribution is 2.46. The van der Waals surface area contributed by atoms with Crippen molar-refractivity contribution >= 4 is 17.8 Å². The molecule has 5 rings (SSSR count). The first-order valence-electron chi connectivity index (χ1n) is 10.5. The molecule has 1 spiro atoms. The minimum atomic E-state index is -4.38. The maximum Gasteiger partial charge on any atom is 0.416 e. The summed E-state index contributed by atoms with van der Waals surface area (Å²) in [6.45, 7) is 2.50. The quantitative estimate of drug-likeness (QED) is 0.620. The Balaban J connectivity index is 1.29. The van der Waals surface area contributed by atoms with E-state index in [1.54, 1.807) is 39.2 Å². The Morgan fingerprint density at radius 3 is 2.48 bits per heavy atom. The number of likely N-dealkylation sites (N-methyl/N-ethyl adjacent to an activating group) is 1. The molecule has 0 radical (unpaired) electrons. The number of hydrogen-bond acceptors (Lipinski definition) is 5. The van der Waals surface area contributed by atoms with Crippen LogP contribution in [0.15, 0.2) is 49.1 Å². The number of urea groups is 1. The van der Waals surface area contributed by atoms with E-state index in [0.29, 0.717) is 29.7 Å². The standard InChI is InChI=1S/C22H22F3N7O/c1-14(17-11-31(13-27-17)16-5-3-15(4-6-16)22(23,24)25)28-19-26-10-7-18(29-19)32-12-21(8-9-21)30(2)20(32)33/h3-7,10-11,13-14H,8-9,12H2,1-2H3,(H,26,28,29)/t14-/m0/s1. The van der Waals surface area contributed by atoms with Gasteiger partial charge in [0, 0.05) is 25.1 Å². The number of carbonyl (C=O) groups excluding carboxylic acids is 1. The van der Waals surface area contributed by atoms with Crippen LogP contribution in [0.25, 0.3) is 5.69 Å². The lowest BCUT2D eigenvalue weighted by Gasteiger charge is -2.17. The van der Waals surface area contributed by atoms with Gasteiger partial charge in [-0.05, 0) is 50.1 Å². The molecule has 0 unspecified atom stereocenters. The van der Waals surface area contributed by atoms with Crippen LogP contribution >= 0.6 is 0 Å². The van der Waals surface area contributed by atoms with Crippen LogP contribution in [0.3, 0.4) is 0 Å². The number of nitrogens with one attached hydrogen (secondary N) is 1. The molecule has 1 aromatic carbocycles. The molecule has 33 heavy (non-hydrogen) atoms. The van der Waals surface area contributed by atoms with Gasteiger partial charge in [-0.2, -0.15) is 18.2 Å². The summed E-state index contributed by atoms with van der Waals surface area (Å²) in [4.78, 5) is 29.2. The van der Waals surface area contributed by atoms with Crippen molar-refractivity contribution in [1.82, 2.24) is 24.4 Å². The molecule has 172 valence electrons. The van der Waals surface area contributed by atoms with Crippen LogP contribution in [0, 0.1) is 0 Å². The van der Waals surface area contributed by atoms with Crippen LogP contribution in [0.1, 0.15) is 37.1 Å². The average Bonchev–Trinajstić information content (AvgIpc) is 3.32. The number of alkyl halides is 3. The van der Waals surface area contributed by atoms with Gasteiger partial charge < -0.3 is 14.8 Å². The molecule has 3 aromatic rings. The first-order valence-corrected chi connectivity index (χ1v) is 10.5. The van der Waals surface area contributed by atoms with E-state index in [0.717, 1.165) is 25.0 Å². The third kappa shape index (κ3) is 3.87. The van der Waals surface area contributed by atoms with Crippen LogP contribution in [0.5, 0.6) is 0 Å². The van der Waals surface area contributed by atoms with E-state index in [4.69, 9.17) is 0 Å². The van der Waals surface area contributed by atoms with Crippen molar-refractivity contribution in [3.05, 3.63) is 60.3 Å². The number of rotatable bonds is 5. The fourth-order valence-electron chi connectivity index (χ4n) is 4.03. The number of nitrogens with zero attached hydrogens (tertiary/aromatic N) is 6. The smallest absolute Gasteiger partial charge is 0.346 e. The fraction of sp³-hybridized carbons (Fsp3) is 0.364. The third-order valence-electron chi connectivity index (χ3n) is 6.31. The summed E-state index contributed by atoms with van der Waals surface area (Å²) in [7, 11) is 1.82. The van der Waals surface area contributed by atoms with Gasteiger partial charge in [-0.1, -0.05) is 0 Å². The largest absolute Gasteiger partial charge is 0.416 e. The predicted octanol–water partition coefficient (Wildman–Crippen LogP) is 4.26. The van der Waals surface area contributed by atoms with E-state index in [9.17, 15) is 18.0 Å². The van der Waals surface area contributed by atoms with Crippen LogP contribution in [0.4, 0.5) is 29.7 Å². The number of halogens is 3. The number of carbonyl (C=O) groups is 1. The molecule has 1 N–H and O–H groups in total. The van der Waals surface area contributed by atoms with Crippen molar-refractivity contribution in [2.24, 2.45) is 0 Å². The first kappa shape index (κ1) is 21.2. The van der Waals surface area contributed by atoms with Gasteiger partial charge in [0.15, 0.2) is 0 Å². The van der Waals surface area contributed by atoms with Crippen molar-refractivity contribution in [1.29, 1.82) is 0 Å². The monoisotopic (exact) mass is 457 g/mol. The van der Waals surface area contributed by atoms with Crippen LogP contribution < -0.4 is 10.2 Å². The van der Waals surface area contributed by atoms with Crippen molar-refractivity contribution in [3.63, 3.8) is 0 Å². The Morgan fingerprint density at radius 1 is 1.12 bits per heavy atom. The number of imidazole rings is 1. The lowest BCUT2D eigenvalue weighted by atomic mass is 10.2. The highest BCUT2D eigenvalue weighted by molar-refractivity contribution is 5.94. The maximum absolute atomic E-state index is 12.8. The Kier molecular flexibility index (Phi) is 4.80. The molecule has 1 saturated heterocycles. The van der Waals surface area contributed by atoms with E-state index in [1.807, 2.05) is 14.0 Å². The van der Waals surface area contributed by atoms with E-state index in [1.165, 1.54) is 12.1 Å². The Labute approximate surface area is 188 Å². The Morgan fingerprint density at radius 2 is 1.85 bits per heavy atom. The molecule has 2 fully saturated rings. The van der Waals surface area contributed by atoms with Crippen LogP contribution in [0.2, 0.25) is 0 Å². The van der Waals surface area contributed by atoms with Crippen molar-refractivity contribution in [2.45, 2.75) is 37.5 Å². The van der Waals surface area contributed by atoms with Crippen LogP contribution in [-0.4, -0.2) is 49.6 Å². The summed E-state index contributed by atoms with van der Waals surface area (Å²) in [5.41, 5.74) is 0.471. The predicted molar refractivity (Wildman–Crippen MR) is 115 cm³/mol. The lowest BCUT2D eigenvalue weighted by molar-refractivity contribution is -0.137. The third-order valence-corrected chi connectivity index (χ3v) is 6.31. The molecule has 2 aliphatic rings. The van der Waals surface area contributed by atoms with E-state index < -0.39 is 11.7 Å². The van der Waals surface area contributed by atoms with Crippen molar-refractivity contribution in [3.8, 4) is 5.69 Å². The molecule has 1 aliphatic heterocycles. The van der Waals surface area contributed by atoms with Gasteiger partial charge in [-0.3, -0.25) is 4.90 Å². The molecular formula is C22H22F3N7O. The van der Waals surface area contributed by atoms with Gasteiger partial charge in [-0.15, -0.1) is 0 Å². The summed E-state index contributed by atoms with van der Waals surface area (Å²) >= 11 is 0. The second kappa shape index (κ2) is 7.46. The molecule has 3 heterocycles. The molecule has 0 bridgehead atoms. The summed E-state index contributed by atoms with van der Waals surface area (Å²) in [6, 6.07) is 6.24. The molecule has 11 heteroatoms. The molecule has 2 aromatic heterocycles. The molecule has 2 amide bonds. The number of benzene rings is 1. The summed E-state index contributed by atoms with van der Waals surface area (Å²) < 4.78 is 40.0. The Hall–Kier alpha value is -3.63. The summed E-state index contributed by atoms with van der Waals surface area (Å²) in [5, 5.41) is 3.18. The zero-order valence-corrected chi connectivity index (χ0v) is 18.0. The zero-order valence-electron chi connectivity index (χ0n) is 18.0. The molecule has 1 saturated carbocycles. The number of aromatic nitrogens is 4. The van der Waals surface area contributed by atoms with Gasteiger partial charge in [0.05, 0.1) is 35.7 Å². The van der Waals surface area contributed by atoms with Gasteiger partial charge in [0.1, 0.15) is 5.82 Å². The second-order valence-electron chi connectivity index (χ2n) is 8.51. The number of anilines is 2. The first-order chi connectivity index (χ1) is 15.7. The summed E-state index contributed by atoms with van der Waals surface area (Å²) in [6.07, 6.45) is 2.51. The van der Waals surface area contributed by atoms with E-state index in [2.05, 4.69) is 20.3 Å². The topological polar surface area (TPSA) is 79.2 Å². The molecule has 1 atom stereocenters. The normalized spacial score (nSPS) is 18.2. The highest BCUT2D eigenvalue weighted by Gasteiger charge is 2.56. The number of amides is 2. The zero-order chi connectivity index (χ0) is 23.4. The minimum Gasteiger partial charge on any atom is -0.346 e.